The number of rotatable bonds is 1. The number of aromatic nitrogens is 2. The minimum Gasteiger partial charge on any atom is -0.353 e. The first-order valence-corrected chi connectivity index (χ1v) is 6.95. The highest BCUT2D eigenvalue weighted by atomic mass is 16.2. The van der Waals surface area contributed by atoms with Crippen molar-refractivity contribution in [3.63, 3.8) is 0 Å². The van der Waals surface area contributed by atoms with E-state index >= 15 is 0 Å². The number of hydrogen-bond acceptors (Lipinski definition) is 4. The first-order chi connectivity index (χ1) is 10.0. The Balaban J connectivity index is 1.76. The number of H-pyrrole nitrogens is 2. The summed E-state index contributed by atoms with van der Waals surface area (Å²) in [6, 6.07) is 0.115. The fourth-order valence-corrected chi connectivity index (χ4v) is 3.03. The maximum absolute atomic E-state index is 12.4. The fourth-order valence-electron chi connectivity index (χ4n) is 3.03. The normalized spacial score (nSPS) is 25.1. The van der Waals surface area contributed by atoms with E-state index in [1.807, 2.05) is 4.98 Å². The van der Waals surface area contributed by atoms with Crippen molar-refractivity contribution in [2.75, 3.05) is 13.1 Å². The van der Waals surface area contributed by atoms with Gasteiger partial charge >= 0.3 is 5.69 Å². The third-order valence-electron chi connectivity index (χ3n) is 4.16. The molecule has 0 saturated carbocycles. The average Bonchev–Trinajstić information content (AvgIpc) is 2.46. The highest BCUT2D eigenvalue weighted by Crippen LogP contribution is 2.25. The number of carbonyl (C=O) groups is 2. The molecule has 112 valence electrons. The van der Waals surface area contributed by atoms with Gasteiger partial charge < -0.3 is 15.2 Å². The van der Waals surface area contributed by atoms with Crippen LogP contribution in [0.15, 0.2) is 15.8 Å². The van der Waals surface area contributed by atoms with Crippen LogP contribution in [0.5, 0.6) is 0 Å². The van der Waals surface area contributed by atoms with Crippen LogP contribution in [0.25, 0.3) is 0 Å². The zero-order valence-corrected chi connectivity index (χ0v) is 11.3. The van der Waals surface area contributed by atoms with Gasteiger partial charge in [-0.1, -0.05) is 0 Å². The van der Waals surface area contributed by atoms with E-state index in [1.165, 1.54) is 0 Å². The Labute approximate surface area is 119 Å². The van der Waals surface area contributed by atoms with Gasteiger partial charge in [-0.15, -0.1) is 0 Å². The van der Waals surface area contributed by atoms with Crippen molar-refractivity contribution < 1.29 is 9.59 Å². The molecule has 2 atom stereocenters. The number of carbonyl (C=O) groups excluding carboxylic acids is 2. The highest BCUT2D eigenvalue weighted by Gasteiger charge is 2.35. The molecule has 0 aromatic carbocycles. The summed E-state index contributed by atoms with van der Waals surface area (Å²) < 4.78 is 0. The predicted molar refractivity (Wildman–Crippen MR) is 72.9 cm³/mol. The van der Waals surface area contributed by atoms with E-state index in [2.05, 4.69) is 10.3 Å². The summed E-state index contributed by atoms with van der Waals surface area (Å²) in [5.74, 6) is -0.0989. The number of fused-ring (bicyclic) bond motifs is 1. The molecule has 2 unspecified atom stereocenters. The minimum atomic E-state index is -0.678. The molecule has 3 N–H and O–H groups in total. The first-order valence-electron chi connectivity index (χ1n) is 6.95. The molecule has 3 rings (SSSR count). The van der Waals surface area contributed by atoms with Crippen LogP contribution in [-0.4, -0.2) is 45.8 Å². The molecule has 0 aliphatic carbocycles. The van der Waals surface area contributed by atoms with Gasteiger partial charge in [0, 0.05) is 31.7 Å². The lowest BCUT2D eigenvalue weighted by Gasteiger charge is -2.41. The quantitative estimate of drug-likeness (QED) is 0.603. The van der Waals surface area contributed by atoms with Gasteiger partial charge in [0.05, 0.1) is 0 Å². The van der Waals surface area contributed by atoms with Crippen molar-refractivity contribution in [1.29, 1.82) is 0 Å². The van der Waals surface area contributed by atoms with Gasteiger partial charge in [-0.25, -0.2) is 4.79 Å². The molecule has 21 heavy (non-hydrogen) atoms. The molecule has 2 amide bonds. The Bertz CT molecular complexity index is 692. The topological polar surface area (TPSA) is 115 Å². The Morgan fingerprint density at radius 3 is 2.81 bits per heavy atom. The molecule has 2 aliphatic rings. The van der Waals surface area contributed by atoms with Crippen molar-refractivity contribution in [3.05, 3.63) is 32.6 Å². The second-order valence-corrected chi connectivity index (χ2v) is 5.50. The molecule has 1 aromatic rings. The summed E-state index contributed by atoms with van der Waals surface area (Å²) in [6.45, 7) is 1.00. The van der Waals surface area contributed by atoms with Crippen molar-refractivity contribution in [1.82, 2.24) is 20.2 Å². The Hall–Kier alpha value is -2.38. The number of nitrogens with zero attached hydrogens (tertiary/aromatic N) is 1. The van der Waals surface area contributed by atoms with Crippen molar-refractivity contribution in [2.45, 2.75) is 25.3 Å². The highest BCUT2D eigenvalue weighted by molar-refractivity contribution is 5.93. The third-order valence-corrected chi connectivity index (χ3v) is 4.16. The van der Waals surface area contributed by atoms with Crippen LogP contribution in [0.1, 0.15) is 29.6 Å². The number of piperidine rings is 2. The van der Waals surface area contributed by atoms with Crippen LogP contribution < -0.4 is 16.6 Å². The lowest BCUT2D eigenvalue weighted by Crippen LogP contribution is -2.55. The van der Waals surface area contributed by atoms with Gasteiger partial charge in [0.15, 0.2) is 0 Å². The maximum atomic E-state index is 12.4. The summed E-state index contributed by atoms with van der Waals surface area (Å²) in [5.41, 5.74) is -1.37. The van der Waals surface area contributed by atoms with Crippen LogP contribution in [-0.2, 0) is 4.79 Å². The van der Waals surface area contributed by atoms with Crippen LogP contribution in [0, 0.1) is 5.92 Å². The average molecular weight is 292 g/mol. The van der Waals surface area contributed by atoms with E-state index < -0.39 is 11.2 Å². The summed E-state index contributed by atoms with van der Waals surface area (Å²) in [7, 11) is 0. The van der Waals surface area contributed by atoms with Gasteiger partial charge in [0.2, 0.25) is 5.91 Å². The van der Waals surface area contributed by atoms with E-state index in [-0.39, 0.29) is 29.3 Å². The minimum absolute atomic E-state index is 0.0621. The van der Waals surface area contributed by atoms with Gasteiger partial charge in [0.1, 0.15) is 5.56 Å². The standard InChI is InChI=1S/C13H16N4O4/c18-10-2-1-7-6-17(4-3-9(7)15-10)12(20)8-5-14-13(21)16-11(8)19/h5,7,9H,1-4,6H2,(H,15,18)(H2,14,16,19,21). The second kappa shape index (κ2) is 5.19. The van der Waals surface area contributed by atoms with Crippen LogP contribution in [0.4, 0.5) is 0 Å². The molecule has 0 bridgehead atoms. The van der Waals surface area contributed by atoms with E-state index in [1.54, 1.807) is 4.90 Å². The first kappa shape index (κ1) is 13.6. The lowest BCUT2D eigenvalue weighted by molar-refractivity contribution is -0.125. The SMILES string of the molecule is O=C1CCC2CN(C(=O)c3c[nH]c(=O)[nH]c3=O)CCC2N1. The van der Waals surface area contributed by atoms with E-state index in [0.29, 0.717) is 25.9 Å². The van der Waals surface area contributed by atoms with Gasteiger partial charge in [-0.05, 0) is 18.8 Å². The van der Waals surface area contributed by atoms with Crippen LogP contribution >= 0.6 is 0 Å². The lowest BCUT2D eigenvalue weighted by atomic mass is 9.85. The maximum Gasteiger partial charge on any atom is 0.325 e. The van der Waals surface area contributed by atoms with Crippen molar-refractivity contribution in [3.8, 4) is 0 Å². The molecule has 2 saturated heterocycles. The summed E-state index contributed by atoms with van der Waals surface area (Å²) in [4.78, 5) is 52.4. The summed E-state index contributed by atoms with van der Waals surface area (Å²) in [5, 5.41) is 2.94. The van der Waals surface area contributed by atoms with Crippen LogP contribution in [0.3, 0.4) is 0 Å². The largest absolute Gasteiger partial charge is 0.353 e. The second-order valence-electron chi connectivity index (χ2n) is 5.50. The Morgan fingerprint density at radius 2 is 2.05 bits per heavy atom. The van der Waals surface area contributed by atoms with Crippen molar-refractivity contribution >= 4 is 11.8 Å². The smallest absolute Gasteiger partial charge is 0.325 e. The molecule has 3 heterocycles. The summed E-state index contributed by atoms with van der Waals surface area (Å²) in [6.07, 6.45) is 3.06. The third kappa shape index (κ3) is 2.61. The zero-order valence-electron chi connectivity index (χ0n) is 11.3. The van der Waals surface area contributed by atoms with Gasteiger partial charge in [-0.3, -0.25) is 19.4 Å². The summed E-state index contributed by atoms with van der Waals surface area (Å²) >= 11 is 0. The fraction of sp³-hybridized carbons (Fsp3) is 0.538. The van der Waals surface area contributed by atoms with Gasteiger partial charge in [0.25, 0.3) is 11.5 Å². The zero-order chi connectivity index (χ0) is 15.0. The van der Waals surface area contributed by atoms with E-state index in [9.17, 15) is 19.2 Å². The molecule has 0 radical (unpaired) electrons. The monoisotopic (exact) mass is 292 g/mol. The van der Waals surface area contributed by atoms with Gasteiger partial charge in [-0.2, -0.15) is 0 Å². The number of hydrogen-bond donors (Lipinski definition) is 3. The number of nitrogens with one attached hydrogen (secondary N) is 3. The predicted octanol–water partition coefficient (Wildman–Crippen LogP) is -1.20. The molecular formula is C13H16N4O4. The molecule has 8 nitrogen and oxygen atoms in total. The van der Waals surface area contributed by atoms with E-state index in [4.69, 9.17) is 0 Å². The van der Waals surface area contributed by atoms with Crippen molar-refractivity contribution in [2.24, 2.45) is 5.92 Å². The van der Waals surface area contributed by atoms with E-state index in [0.717, 1.165) is 12.6 Å². The number of aromatic amines is 2. The molecule has 2 fully saturated rings. The molecule has 1 aromatic heterocycles. The molecular weight excluding hydrogens is 276 g/mol. The van der Waals surface area contributed by atoms with Crippen LogP contribution in [0.2, 0.25) is 0 Å². The molecule has 2 aliphatic heterocycles. The molecule has 8 heteroatoms. The Morgan fingerprint density at radius 1 is 1.24 bits per heavy atom. The molecule has 0 spiro atoms. The number of likely N-dealkylation sites (tertiary alicyclic amines) is 1. The number of amides is 2. The Kier molecular flexibility index (Phi) is 3.36.